The molecule has 1 amide bonds. The van der Waals surface area contributed by atoms with Crippen molar-refractivity contribution in [3.05, 3.63) is 94.4 Å². The number of hydrazone groups is 1. The molecule has 0 spiro atoms. The second kappa shape index (κ2) is 8.85. The molecule has 10 heteroatoms. The van der Waals surface area contributed by atoms with Crippen molar-refractivity contribution in [1.82, 2.24) is 19.8 Å². The monoisotopic (exact) mass is 473 g/mol. The van der Waals surface area contributed by atoms with Crippen molar-refractivity contribution in [3.63, 3.8) is 0 Å². The molecule has 5 aromatic rings. The zero-order valence-corrected chi connectivity index (χ0v) is 18.5. The molecule has 0 unspecified atom stereocenters. The number of aromatic hydroxyl groups is 1. The van der Waals surface area contributed by atoms with Gasteiger partial charge in [0.1, 0.15) is 16.4 Å². The van der Waals surface area contributed by atoms with Crippen LogP contribution in [0, 0.1) is 0 Å². The molecular formula is C23H15N5O3S2. The molecule has 0 bridgehead atoms. The van der Waals surface area contributed by atoms with Crippen LogP contribution in [0.25, 0.3) is 15.9 Å². The number of nitrogens with one attached hydrogen (secondary N) is 1. The first-order valence-corrected chi connectivity index (χ1v) is 11.4. The lowest BCUT2D eigenvalue weighted by atomic mass is 10.2. The van der Waals surface area contributed by atoms with Gasteiger partial charge in [-0.3, -0.25) is 14.0 Å². The standard InChI is InChI=1S/C23H15N5O3S2/c29-17-9-3-1-7-14(17)20(30)27-24-13-15-21(26-19-11-5-6-12-28(19)22(15)31)33-23-25-16-8-2-4-10-18(16)32-23/h1-13,29H,(H,27,30)/b24-13-. The predicted octanol–water partition coefficient (Wildman–Crippen LogP) is 3.92. The van der Waals surface area contributed by atoms with E-state index in [-0.39, 0.29) is 22.4 Å². The average molecular weight is 474 g/mol. The number of benzene rings is 2. The first kappa shape index (κ1) is 20.9. The van der Waals surface area contributed by atoms with Crippen LogP contribution < -0.4 is 11.0 Å². The Morgan fingerprint density at radius 3 is 2.70 bits per heavy atom. The van der Waals surface area contributed by atoms with Crippen molar-refractivity contribution in [2.45, 2.75) is 9.37 Å². The molecule has 2 N–H and O–H groups in total. The molecule has 0 saturated heterocycles. The van der Waals surface area contributed by atoms with Crippen molar-refractivity contribution in [3.8, 4) is 5.75 Å². The Labute approximate surface area is 195 Å². The molecule has 162 valence electrons. The van der Waals surface area contributed by atoms with E-state index < -0.39 is 5.91 Å². The number of hydrogen-bond donors (Lipinski definition) is 2. The van der Waals surface area contributed by atoms with E-state index in [0.717, 1.165) is 14.6 Å². The Hall–Kier alpha value is -4.02. The molecule has 8 nitrogen and oxygen atoms in total. The van der Waals surface area contributed by atoms with Crippen molar-refractivity contribution in [1.29, 1.82) is 0 Å². The minimum Gasteiger partial charge on any atom is -0.507 e. The lowest BCUT2D eigenvalue weighted by Crippen LogP contribution is -2.23. The first-order valence-electron chi connectivity index (χ1n) is 9.76. The van der Waals surface area contributed by atoms with Crippen LogP contribution in [0.1, 0.15) is 15.9 Å². The zero-order valence-electron chi connectivity index (χ0n) is 16.9. The summed E-state index contributed by atoms with van der Waals surface area (Å²) >= 11 is 2.77. The lowest BCUT2D eigenvalue weighted by molar-refractivity contribution is 0.0952. The second-order valence-corrected chi connectivity index (χ2v) is 9.10. The third kappa shape index (κ3) is 4.21. The van der Waals surface area contributed by atoms with Crippen molar-refractivity contribution < 1.29 is 9.90 Å². The number of pyridine rings is 1. The van der Waals surface area contributed by atoms with E-state index in [4.69, 9.17) is 0 Å². The number of hydrogen-bond acceptors (Lipinski definition) is 8. The zero-order chi connectivity index (χ0) is 22.8. The highest BCUT2D eigenvalue weighted by Crippen LogP contribution is 2.34. The summed E-state index contributed by atoms with van der Waals surface area (Å²) < 4.78 is 3.17. The van der Waals surface area contributed by atoms with Crippen LogP contribution in [0.15, 0.2) is 92.2 Å². The molecule has 0 aliphatic rings. The number of amides is 1. The van der Waals surface area contributed by atoms with E-state index >= 15 is 0 Å². The fourth-order valence-electron chi connectivity index (χ4n) is 3.13. The fraction of sp³-hybridized carbons (Fsp3) is 0. The molecule has 0 aliphatic heterocycles. The van der Waals surface area contributed by atoms with Crippen LogP contribution in [0.4, 0.5) is 0 Å². The van der Waals surface area contributed by atoms with Crippen LogP contribution in [-0.4, -0.2) is 31.6 Å². The van der Waals surface area contributed by atoms with Crippen LogP contribution in [0.2, 0.25) is 0 Å². The Morgan fingerprint density at radius 1 is 1.06 bits per heavy atom. The van der Waals surface area contributed by atoms with Gasteiger partial charge in [0.05, 0.1) is 27.6 Å². The van der Waals surface area contributed by atoms with Gasteiger partial charge in [-0.1, -0.05) is 30.3 Å². The summed E-state index contributed by atoms with van der Waals surface area (Å²) in [6.45, 7) is 0. The smallest absolute Gasteiger partial charge is 0.275 e. The van der Waals surface area contributed by atoms with Gasteiger partial charge in [0.15, 0.2) is 4.34 Å². The summed E-state index contributed by atoms with van der Waals surface area (Å²) in [5.74, 6) is -0.761. The molecule has 0 atom stereocenters. The topological polar surface area (TPSA) is 109 Å². The van der Waals surface area contributed by atoms with E-state index in [1.807, 2.05) is 24.3 Å². The molecule has 0 aliphatic carbocycles. The van der Waals surface area contributed by atoms with Crippen molar-refractivity contribution in [2.75, 3.05) is 0 Å². The summed E-state index contributed by atoms with van der Waals surface area (Å²) in [5.41, 5.74) is 3.66. The van der Waals surface area contributed by atoms with Crippen LogP contribution in [-0.2, 0) is 0 Å². The Morgan fingerprint density at radius 2 is 1.85 bits per heavy atom. The number of aromatic nitrogens is 3. The number of rotatable bonds is 5. The summed E-state index contributed by atoms with van der Waals surface area (Å²) in [5, 5.41) is 14.2. The van der Waals surface area contributed by atoms with E-state index in [0.29, 0.717) is 10.7 Å². The van der Waals surface area contributed by atoms with Crippen LogP contribution in [0.5, 0.6) is 5.75 Å². The van der Waals surface area contributed by atoms with Gasteiger partial charge in [0, 0.05) is 6.20 Å². The normalized spacial score (nSPS) is 11.4. The third-order valence-corrected chi connectivity index (χ3v) is 6.80. The Kier molecular flexibility index (Phi) is 5.59. The average Bonchev–Trinajstić information content (AvgIpc) is 3.23. The van der Waals surface area contributed by atoms with Gasteiger partial charge in [-0.05, 0) is 48.2 Å². The number of thiazole rings is 1. The fourth-order valence-corrected chi connectivity index (χ4v) is 5.20. The first-order chi connectivity index (χ1) is 16.1. The molecule has 33 heavy (non-hydrogen) atoms. The number of carbonyl (C=O) groups excluding carboxylic acids is 1. The second-order valence-electron chi connectivity index (χ2n) is 6.83. The molecule has 0 fully saturated rings. The van der Waals surface area contributed by atoms with E-state index in [2.05, 4.69) is 20.5 Å². The number of fused-ring (bicyclic) bond motifs is 2. The number of phenols is 1. The molecular weight excluding hydrogens is 458 g/mol. The third-order valence-electron chi connectivity index (χ3n) is 4.70. The summed E-state index contributed by atoms with van der Waals surface area (Å²) in [7, 11) is 0. The van der Waals surface area contributed by atoms with Crippen LogP contribution in [0.3, 0.4) is 0 Å². The minimum atomic E-state index is -0.599. The number of nitrogens with zero attached hydrogens (tertiary/aromatic N) is 4. The SMILES string of the molecule is O=C(N/N=C\c1c(Sc2nc3ccccc3s2)nc2ccccn2c1=O)c1ccccc1O. The number of para-hydroxylation sites is 2. The highest BCUT2D eigenvalue weighted by molar-refractivity contribution is 8.01. The summed E-state index contributed by atoms with van der Waals surface area (Å²) in [6, 6.07) is 19.2. The van der Waals surface area contributed by atoms with Gasteiger partial charge in [-0.2, -0.15) is 5.10 Å². The summed E-state index contributed by atoms with van der Waals surface area (Å²) in [4.78, 5) is 34.7. The van der Waals surface area contributed by atoms with Crippen molar-refractivity contribution in [2.24, 2.45) is 5.10 Å². The highest BCUT2D eigenvalue weighted by atomic mass is 32.2. The van der Waals surface area contributed by atoms with Gasteiger partial charge in [0.2, 0.25) is 0 Å². The maximum Gasteiger partial charge on any atom is 0.275 e. The molecule has 2 aromatic carbocycles. The largest absolute Gasteiger partial charge is 0.507 e. The molecule has 0 radical (unpaired) electrons. The Bertz CT molecular complexity index is 1560. The van der Waals surface area contributed by atoms with E-state index in [1.165, 1.54) is 45.8 Å². The van der Waals surface area contributed by atoms with Crippen LogP contribution >= 0.6 is 23.1 Å². The minimum absolute atomic E-state index is 0.0760. The molecule has 3 heterocycles. The number of carbonyl (C=O) groups is 1. The van der Waals surface area contributed by atoms with Gasteiger partial charge < -0.3 is 5.11 Å². The van der Waals surface area contributed by atoms with E-state index in [1.54, 1.807) is 36.5 Å². The van der Waals surface area contributed by atoms with Gasteiger partial charge in [-0.15, -0.1) is 11.3 Å². The Balaban J connectivity index is 1.51. The molecule has 0 saturated carbocycles. The molecule has 5 rings (SSSR count). The molecule has 3 aromatic heterocycles. The quantitative estimate of drug-likeness (QED) is 0.227. The van der Waals surface area contributed by atoms with Gasteiger partial charge in [0.25, 0.3) is 11.5 Å². The lowest BCUT2D eigenvalue weighted by Gasteiger charge is -2.06. The maximum atomic E-state index is 13.2. The van der Waals surface area contributed by atoms with Crippen molar-refractivity contribution >= 4 is 51.1 Å². The predicted molar refractivity (Wildman–Crippen MR) is 128 cm³/mol. The van der Waals surface area contributed by atoms with Gasteiger partial charge >= 0.3 is 0 Å². The van der Waals surface area contributed by atoms with E-state index in [9.17, 15) is 14.7 Å². The van der Waals surface area contributed by atoms with Gasteiger partial charge in [-0.25, -0.2) is 15.4 Å². The maximum absolute atomic E-state index is 13.2. The number of phenolic OH excluding ortho intramolecular Hbond substituents is 1. The highest BCUT2D eigenvalue weighted by Gasteiger charge is 2.16. The summed E-state index contributed by atoms with van der Waals surface area (Å²) in [6.07, 6.45) is 2.89.